The van der Waals surface area contributed by atoms with Crippen LogP contribution in [0.1, 0.15) is 35.2 Å². The number of carbonyl (C=O) groups excluding carboxylic acids is 1. The van der Waals surface area contributed by atoms with Crippen LogP contribution in [0, 0.1) is 0 Å². The van der Waals surface area contributed by atoms with Crippen LogP contribution >= 0.6 is 0 Å². The van der Waals surface area contributed by atoms with Crippen molar-refractivity contribution >= 4 is 11.9 Å². The molecule has 2 aromatic rings. The van der Waals surface area contributed by atoms with Gasteiger partial charge < -0.3 is 19.9 Å². The third-order valence-corrected chi connectivity index (χ3v) is 3.86. The topological polar surface area (TPSA) is 84.9 Å². The zero-order valence-electron chi connectivity index (χ0n) is 14.9. The number of carbonyl (C=O) groups is 2. The molecule has 0 saturated carbocycles. The molecule has 6 nitrogen and oxygen atoms in total. The predicted octanol–water partition coefficient (Wildman–Crippen LogP) is 3.08. The fraction of sp³-hybridized carbons (Fsp3) is 0.300. The zero-order chi connectivity index (χ0) is 18.9. The van der Waals surface area contributed by atoms with Crippen LogP contribution in [-0.2, 0) is 4.79 Å². The molecule has 1 atom stereocenters. The summed E-state index contributed by atoms with van der Waals surface area (Å²) in [6.45, 7) is 2.42. The normalized spacial score (nSPS) is 11.5. The Kier molecular flexibility index (Phi) is 7.02. The number of aliphatic carboxylic acids is 1. The Balaban J connectivity index is 2.14. The molecule has 2 aromatic carbocycles. The maximum absolute atomic E-state index is 12.6. The van der Waals surface area contributed by atoms with E-state index in [1.54, 1.807) is 42.5 Å². The number of ether oxygens (including phenoxy) is 2. The first-order valence-electron chi connectivity index (χ1n) is 8.43. The summed E-state index contributed by atoms with van der Waals surface area (Å²) in [6.07, 6.45) is 0.799. The summed E-state index contributed by atoms with van der Waals surface area (Å²) in [7, 11) is 1.54. The van der Waals surface area contributed by atoms with Gasteiger partial charge in [0.25, 0.3) is 5.91 Å². The molecule has 0 heterocycles. The van der Waals surface area contributed by atoms with E-state index in [1.165, 1.54) is 7.11 Å². The minimum atomic E-state index is -0.992. The number of hydrogen-bond donors (Lipinski definition) is 2. The van der Waals surface area contributed by atoms with Gasteiger partial charge in [0.15, 0.2) is 0 Å². The van der Waals surface area contributed by atoms with Gasteiger partial charge in [0.05, 0.1) is 25.2 Å². The molecule has 138 valence electrons. The molecule has 0 spiro atoms. The minimum absolute atomic E-state index is 0.0164. The standard InChI is InChI=1S/C20H23NO5/c1-3-11-26-18-12-15(25-2)9-10-16(18)19(22)21-13-17(20(23)24)14-7-5-4-6-8-14/h4-10,12,17H,3,11,13H2,1-2H3,(H,21,22)(H,23,24). The van der Waals surface area contributed by atoms with E-state index in [1.807, 2.05) is 13.0 Å². The molecule has 0 bridgehead atoms. The number of rotatable bonds is 9. The molecular weight excluding hydrogens is 334 g/mol. The summed E-state index contributed by atoms with van der Waals surface area (Å²) in [5, 5.41) is 12.1. The van der Waals surface area contributed by atoms with Crippen molar-refractivity contribution in [2.75, 3.05) is 20.3 Å². The lowest BCUT2D eigenvalue weighted by atomic mass is 9.99. The van der Waals surface area contributed by atoms with Crippen molar-refractivity contribution in [3.63, 3.8) is 0 Å². The second-order valence-electron chi connectivity index (χ2n) is 5.72. The molecule has 26 heavy (non-hydrogen) atoms. The fourth-order valence-electron chi connectivity index (χ4n) is 2.47. The zero-order valence-corrected chi connectivity index (χ0v) is 14.9. The van der Waals surface area contributed by atoms with E-state index >= 15 is 0 Å². The van der Waals surface area contributed by atoms with Crippen LogP contribution in [-0.4, -0.2) is 37.2 Å². The molecule has 1 amide bonds. The summed E-state index contributed by atoms with van der Waals surface area (Å²) < 4.78 is 10.8. The van der Waals surface area contributed by atoms with E-state index in [0.29, 0.717) is 29.2 Å². The first-order chi connectivity index (χ1) is 12.6. The Bertz CT molecular complexity index is 745. The van der Waals surface area contributed by atoms with Crippen LogP contribution in [0.5, 0.6) is 11.5 Å². The molecular formula is C20H23NO5. The van der Waals surface area contributed by atoms with Gasteiger partial charge in [0.2, 0.25) is 0 Å². The monoisotopic (exact) mass is 357 g/mol. The molecule has 0 saturated heterocycles. The molecule has 0 fully saturated rings. The second-order valence-corrected chi connectivity index (χ2v) is 5.72. The SMILES string of the molecule is CCCOc1cc(OC)ccc1C(=O)NCC(C(=O)O)c1ccccc1. The molecule has 0 aliphatic heterocycles. The highest BCUT2D eigenvalue weighted by atomic mass is 16.5. The fourth-order valence-corrected chi connectivity index (χ4v) is 2.47. The van der Waals surface area contributed by atoms with Gasteiger partial charge in [0, 0.05) is 12.6 Å². The molecule has 2 rings (SSSR count). The first kappa shape index (κ1) is 19.3. The number of benzene rings is 2. The number of hydrogen-bond acceptors (Lipinski definition) is 4. The Morgan fingerprint density at radius 1 is 1.15 bits per heavy atom. The number of nitrogens with one attached hydrogen (secondary N) is 1. The van der Waals surface area contributed by atoms with Crippen molar-refractivity contribution < 1.29 is 24.2 Å². The van der Waals surface area contributed by atoms with Gasteiger partial charge in [-0.15, -0.1) is 0 Å². The smallest absolute Gasteiger partial charge is 0.312 e. The van der Waals surface area contributed by atoms with Gasteiger partial charge in [-0.1, -0.05) is 37.3 Å². The first-order valence-corrected chi connectivity index (χ1v) is 8.43. The van der Waals surface area contributed by atoms with Crippen LogP contribution in [0.25, 0.3) is 0 Å². The largest absolute Gasteiger partial charge is 0.497 e. The van der Waals surface area contributed by atoms with E-state index in [4.69, 9.17) is 9.47 Å². The minimum Gasteiger partial charge on any atom is -0.497 e. The quantitative estimate of drug-likeness (QED) is 0.720. The van der Waals surface area contributed by atoms with Crippen molar-refractivity contribution in [3.8, 4) is 11.5 Å². The van der Waals surface area contributed by atoms with Crippen LogP contribution in [0.15, 0.2) is 48.5 Å². The summed E-state index contributed by atoms with van der Waals surface area (Å²) in [5.74, 6) is -1.20. The van der Waals surface area contributed by atoms with Crippen LogP contribution < -0.4 is 14.8 Å². The predicted molar refractivity (Wildman–Crippen MR) is 97.9 cm³/mol. The summed E-state index contributed by atoms with van der Waals surface area (Å²) >= 11 is 0. The van der Waals surface area contributed by atoms with E-state index in [-0.39, 0.29) is 12.5 Å². The Hall–Kier alpha value is -3.02. The van der Waals surface area contributed by atoms with Crippen molar-refractivity contribution in [2.24, 2.45) is 0 Å². The second kappa shape index (κ2) is 9.46. The van der Waals surface area contributed by atoms with Crippen molar-refractivity contribution in [1.82, 2.24) is 5.32 Å². The summed E-state index contributed by atoms with van der Waals surface area (Å²) in [6, 6.07) is 13.7. The van der Waals surface area contributed by atoms with Gasteiger partial charge in [-0.05, 0) is 24.1 Å². The maximum Gasteiger partial charge on any atom is 0.312 e. The highest BCUT2D eigenvalue weighted by Gasteiger charge is 2.22. The van der Waals surface area contributed by atoms with E-state index in [0.717, 1.165) is 6.42 Å². The third kappa shape index (κ3) is 4.99. The van der Waals surface area contributed by atoms with Crippen LogP contribution in [0.4, 0.5) is 0 Å². The van der Waals surface area contributed by atoms with Gasteiger partial charge in [-0.3, -0.25) is 9.59 Å². The summed E-state index contributed by atoms with van der Waals surface area (Å²) in [4.78, 5) is 24.1. The lowest BCUT2D eigenvalue weighted by Gasteiger charge is -2.16. The molecule has 0 aliphatic rings. The number of methoxy groups -OCH3 is 1. The Morgan fingerprint density at radius 3 is 2.50 bits per heavy atom. The highest BCUT2D eigenvalue weighted by Crippen LogP contribution is 2.25. The van der Waals surface area contributed by atoms with Crippen molar-refractivity contribution in [3.05, 3.63) is 59.7 Å². The summed E-state index contributed by atoms with van der Waals surface area (Å²) in [5.41, 5.74) is 0.980. The van der Waals surface area contributed by atoms with Gasteiger partial charge >= 0.3 is 5.97 Å². The van der Waals surface area contributed by atoms with Crippen molar-refractivity contribution in [2.45, 2.75) is 19.3 Å². The number of carboxylic acids is 1. The Morgan fingerprint density at radius 2 is 1.88 bits per heavy atom. The van der Waals surface area contributed by atoms with Gasteiger partial charge in [-0.25, -0.2) is 0 Å². The molecule has 6 heteroatoms. The number of carboxylic acid groups (broad SMARTS) is 1. The van der Waals surface area contributed by atoms with E-state index in [2.05, 4.69) is 5.32 Å². The van der Waals surface area contributed by atoms with Crippen LogP contribution in [0.3, 0.4) is 0 Å². The van der Waals surface area contributed by atoms with Crippen molar-refractivity contribution in [1.29, 1.82) is 0 Å². The van der Waals surface area contributed by atoms with Gasteiger partial charge in [-0.2, -0.15) is 0 Å². The average Bonchev–Trinajstić information content (AvgIpc) is 2.66. The molecule has 0 aliphatic carbocycles. The molecule has 0 radical (unpaired) electrons. The lowest BCUT2D eigenvalue weighted by Crippen LogP contribution is -2.32. The van der Waals surface area contributed by atoms with Gasteiger partial charge in [0.1, 0.15) is 11.5 Å². The third-order valence-electron chi connectivity index (χ3n) is 3.86. The Labute approximate surface area is 152 Å². The van der Waals surface area contributed by atoms with Crippen LogP contribution in [0.2, 0.25) is 0 Å². The highest BCUT2D eigenvalue weighted by molar-refractivity contribution is 5.97. The molecule has 2 N–H and O–H groups in total. The molecule has 0 aromatic heterocycles. The maximum atomic E-state index is 12.6. The van der Waals surface area contributed by atoms with E-state index in [9.17, 15) is 14.7 Å². The molecule has 1 unspecified atom stereocenters. The average molecular weight is 357 g/mol. The number of amides is 1. The van der Waals surface area contributed by atoms with E-state index < -0.39 is 11.9 Å². The lowest BCUT2D eigenvalue weighted by molar-refractivity contribution is -0.138.